The summed E-state index contributed by atoms with van der Waals surface area (Å²) in [4.78, 5) is 15.5. The number of aromatic nitrogens is 1. The zero-order valence-electron chi connectivity index (χ0n) is 9.21. The second-order valence-electron chi connectivity index (χ2n) is 3.25. The average molecular weight is 262 g/mol. The van der Waals surface area contributed by atoms with E-state index in [1.807, 2.05) is 0 Å². The minimum atomic E-state index is -0.327. The maximum Gasteiger partial charge on any atom is 0.271 e. The van der Waals surface area contributed by atoms with E-state index in [0.717, 1.165) is 0 Å². The van der Waals surface area contributed by atoms with Crippen molar-refractivity contribution in [1.29, 1.82) is 0 Å². The molecule has 0 atom stereocenters. The highest BCUT2D eigenvalue weighted by Crippen LogP contribution is 2.05. The van der Waals surface area contributed by atoms with Gasteiger partial charge in [-0.15, -0.1) is 0 Å². The van der Waals surface area contributed by atoms with Crippen LogP contribution in [0.4, 0.5) is 5.88 Å². The minimum absolute atomic E-state index is 0.224. The monoisotopic (exact) mass is 262 g/mol. The van der Waals surface area contributed by atoms with E-state index in [-0.39, 0.29) is 11.0 Å². The summed E-state index contributed by atoms with van der Waals surface area (Å²) in [5, 5.41) is 2.98. The van der Waals surface area contributed by atoms with E-state index in [4.69, 9.17) is 16.6 Å². The number of thiocarbonyl (C=S) groups is 1. The maximum atomic E-state index is 11.6. The fourth-order valence-electron chi connectivity index (χ4n) is 1.18. The first-order chi connectivity index (χ1) is 8.75. The van der Waals surface area contributed by atoms with Crippen LogP contribution in [0.1, 0.15) is 10.4 Å². The number of furan rings is 1. The van der Waals surface area contributed by atoms with Crippen LogP contribution in [0.2, 0.25) is 0 Å². The molecule has 0 unspecified atom stereocenters. The molecule has 1 amide bonds. The van der Waals surface area contributed by atoms with Gasteiger partial charge in [0.2, 0.25) is 0 Å². The van der Waals surface area contributed by atoms with Gasteiger partial charge in [0.05, 0.1) is 11.8 Å². The number of nitrogens with one attached hydrogen (secondary N) is 3. The summed E-state index contributed by atoms with van der Waals surface area (Å²) in [6, 6.07) is 6.75. The van der Waals surface area contributed by atoms with E-state index in [0.29, 0.717) is 11.4 Å². The van der Waals surface area contributed by atoms with Gasteiger partial charge in [-0.3, -0.25) is 20.6 Å². The van der Waals surface area contributed by atoms with Crippen LogP contribution in [0.15, 0.2) is 47.3 Å². The quantitative estimate of drug-likeness (QED) is 0.559. The Bertz CT molecular complexity index is 527. The summed E-state index contributed by atoms with van der Waals surface area (Å²) < 4.78 is 5.03. The highest BCUT2D eigenvalue weighted by molar-refractivity contribution is 7.80. The van der Waals surface area contributed by atoms with Gasteiger partial charge in [0, 0.05) is 18.5 Å². The number of hydrazine groups is 1. The summed E-state index contributed by atoms with van der Waals surface area (Å²) in [6.07, 6.45) is 4.56. The van der Waals surface area contributed by atoms with Gasteiger partial charge < -0.3 is 9.73 Å². The second-order valence-corrected chi connectivity index (χ2v) is 3.66. The third kappa shape index (κ3) is 3.29. The summed E-state index contributed by atoms with van der Waals surface area (Å²) in [6.45, 7) is 0. The van der Waals surface area contributed by atoms with Crippen molar-refractivity contribution in [2.45, 2.75) is 0 Å². The molecule has 0 aliphatic heterocycles. The zero-order chi connectivity index (χ0) is 12.8. The van der Waals surface area contributed by atoms with Gasteiger partial charge >= 0.3 is 0 Å². The molecule has 6 nitrogen and oxygen atoms in total. The number of rotatable bonds is 2. The molecule has 7 heteroatoms. The molecular weight excluding hydrogens is 252 g/mol. The molecule has 3 N–H and O–H groups in total. The first-order valence-electron chi connectivity index (χ1n) is 5.06. The Kier molecular flexibility index (Phi) is 3.87. The lowest BCUT2D eigenvalue weighted by Gasteiger charge is -2.09. The van der Waals surface area contributed by atoms with Gasteiger partial charge in [0.25, 0.3) is 5.91 Å². The lowest BCUT2D eigenvalue weighted by Crippen LogP contribution is -2.43. The smallest absolute Gasteiger partial charge is 0.271 e. The van der Waals surface area contributed by atoms with Crippen LogP contribution in [-0.2, 0) is 0 Å². The largest absolute Gasteiger partial charge is 0.449 e. The van der Waals surface area contributed by atoms with E-state index in [1.54, 1.807) is 30.5 Å². The van der Waals surface area contributed by atoms with Crippen molar-refractivity contribution in [3.05, 3.63) is 48.5 Å². The number of nitrogens with zero attached hydrogens (tertiary/aromatic N) is 1. The fourth-order valence-corrected chi connectivity index (χ4v) is 1.33. The molecule has 0 saturated carbocycles. The number of carbonyl (C=O) groups excluding carboxylic acids is 1. The van der Waals surface area contributed by atoms with Crippen LogP contribution >= 0.6 is 12.2 Å². The Balaban J connectivity index is 1.81. The van der Waals surface area contributed by atoms with Gasteiger partial charge in [-0.25, -0.2) is 0 Å². The Morgan fingerprint density at radius 2 is 2.17 bits per heavy atom. The predicted molar refractivity (Wildman–Crippen MR) is 69.8 cm³/mol. The standard InChI is InChI=1S/C11H10N4O2S/c16-10(8-3-1-5-12-7-8)14-15-11(18)13-9-4-2-6-17-9/h1-7H,(H,14,16)(H2,13,15,18). The van der Waals surface area contributed by atoms with Gasteiger partial charge in [0.1, 0.15) is 0 Å². The molecule has 2 heterocycles. The highest BCUT2D eigenvalue weighted by atomic mass is 32.1. The number of hydrogen-bond donors (Lipinski definition) is 3. The molecule has 0 saturated heterocycles. The molecule has 0 aliphatic carbocycles. The van der Waals surface area contributed by atoms with Crippen LogP contribution in [0.3, 0.4) is 0 Å². The summed E-state index contributed by atoms with van der Waals surface area (Å²) in [5.41, 5.74) is 5.42. The normalized spacial score (nSPS) is 9.56. The maximum absolute atomic E-state index is 11.6. The van der Waals surface area contributed by atoms with Crippen LogP contribution < -0.4 is 16.2 Å². The van der Waals surface area contributed by atoms with Crippen molar-refractivity contribution in [1.82, 2.24) is 15.8 Å². The van der Waals surface area contributed by atoms with Crippen LogP contribution in [-0.4, -0.2) is 16.0 Å². The first-order valence-corrected chi connectivity index (χ1v) is 5.47. The average Bonchev–Trinajstić information content (AvgIpc) is 2.90. The molecular formula is C11H10N4O2S. The van der Waals surface area contributed by atoms with Gasteiger partial charge in [-0.05, 0) is 30.4 Å². The summed E-state index contributed by atoms with van der Waals surface area (Å²) in [5.74, 6) is 0.162. The molecule has 2 rings (SSSR count). The van der Waals surface area contributed by atoms with Crippen molar-refractivity contribution in [2.24, 2.45) is 0 Å². The van der Waals surface area contributed by atoms with E-state index in [9.17, 15) is 4.79 Å². The summed E-state index contributed by atoms with van der Waals surface area (Å²) in [7, 11) is 0. The fraction of sp³-hybridized carbons (Fsp3) is 0. The topological polar surface area (TPSA) is 79.2 Å². The van der Waals surface area contributed by atoms with Crippen LogP contribution in [0.25, 0.3) is 0 Å². The van der Waals surface area contributed by atoms with Crippen molar-refractivity contribution in [3.8, 4) is 0 Å². The molecule has 0 radical (unpaired) electrons. The van der Waals surface area contributed by atoms with Crippen LogP contribution in [0.5, 0.6) is 0 Å². The van der Waals surface area contributed by atoms with E-state index >= 15 is 0 Å². The molecule has 0 bridgehead atoms. The molecule has 2 aromatic rings. The third-order valence-corrected chi connectivity index (χ3v) is 2.18. The van der Waals surface area contributed by atoms with E-state index < -0.39 is 0 Å². The molecule has 2 aromatic heterocycles. The lowest BCUT2D eigenvalue weighted by molar-refractivity contribution is 0.0944. The molecule has 0 aromatic carbocycles. The number of carbonyl (C=O) groups is 1. The first kappa shape index (κ1) is 12.1. The second kappa shape index (κ2) is 5.78. The lowest BCUT2D eigenvalue weighted by atomic mass is 10.3. The number of pyridine rings is 1. The predicted octanol–water partition coefficient (Wildman–Crippen LogP) is 1.31. The number of hydrogen-bond acceptors (Lipinski definition) is 4. The van der Waals surface area contributed by atoms with Gasteiger partial charge in [-0.2, -0.15) is 0 Å². The number of amides is 1. The Morgan fingerprint density at radius 1 is 1.28 bits per heavy atom. The van der Waals surface area contributed by atoms with Crippen molar-refractivity contribution >= 4 is 29.1 Å². The van der Waals surface area contributed by atoms with E-state index in [1.165, 1.54) is 12.5 Å². The van der Waals surface area contributed by atoms with Crippen molar-refractivity contribution in [3.63, 3.8) is 0 Å². The Labute approximate surface area is 108 Å². The highest BCUT2D eigenvalue weighted by Gasteiger charge is 2.05. The molecule has 18 heavy (non-hydrogen) atoms. The molecule has 0 aliphatic rings. The minimum Gasteiger partial charge on any atom is -0.449 e. The molecule has 0 fully saturated rings. The van der Waals surface area contributed by atoms with Gasteiger partial charge in [0.15, 0.2) is 11.0 Å². The van der Waals surface area contributed by atoms with Crippen LogP contribution in [0, 0.1) is 0 Å². The third-order valence-electron chi connectivity index (χ3n) is 1.97. The van der Waals surface area contributed by atoms with Gasteiger partial charge in [-0.1, -0.05) is 0 Å². The SMILES string of the molecule is O=C(NNC(=S)Nc1ccco1)c1cccnc1. The number of anilines is 1. The Hall–Kier alpha value is -2.41. The zero-order valence-corrected chi connectivity index (χ0v) is 10.0. The molecule has 0 spiro atoms. The molecule has 92 valence electrons. The summed E-state index contributed by atoms with van der Waals surface area (Å²) >= 11 is 4.96. The van der Waals surface area contributed by atoms with E-state index in [2.05, 4.69) is 21.2 Å². The Morgan fingerprint density at radius 3 is 2.83 bits per heavy atom. The van der Waals surface area contributed by atoms with Crippen molar-refractivity contribution in [2.75, 3.05) is 5.32 Å². The van der Waals surface area contributed by atoms with Crippen molar-refractivity contribution < 1.29 is 9.21 Å².